The predicted octanol–water partition coefficient (Wildman–Crippen LogP) is 3.79. The molecule has 0 saturated heterocycles. The van der Waals surface area contributed by atoms with Gasteiger partial charge in [-0.2, -0.15) is 5.10 Å². The maximum absolute atomic E-state index is 6.25. The molecule has 3 nitrogen and oxygen atoms in total. The van der Waals surface area contributed by atoms with E-state index in [2.05, 4.69) is 23.4 Å². The van der Waals surface area contributed by atoms with E-state index >= 15 is 0 Å². The third kappa shape index (κ3) is 3.35. The molecule has 5 heteroatoms. The zero-order valence-electron chi connectivity index (χ0n) is 12.0. The minimum atomic E-state index is 0.156. The number of likely N-dealkylation sites (N-methyl/N-ethyl adjacent to an activating group) is 1. The van der Waals surface area contributed by atoms with Crippen LogP contribution in [-0.2, 0) is 19.9 Å². The fourth-order valence-corrected chi connectivity index (χ4v) is 2.71. The van der Waals surface area contributed by atoms with Gasteiger partial charge in [-0.25, -0.2) is 0 Å². The lowest BCUT2D eigenvalue weighted by atomic mass is 10.0. The van der Waals surface area contributed by atoms with E-state index in [1.54, 1.807) is 6.07 Å². The fourth-order valence-electron chi connectivity index (χ4n) is 2.32. The van der Waals surface area contributed by atoms with Crippen molar-refractivity contribution in [3.8, 4) is 0 Å². The summed E-state index contributed by atoms with van der Waals surface area (Å²) in [5.74, 6) is 0. The van der Waals surface area contributed by atoms with Gasteiger partial charge in [0.05, 0.1) is 17.4 Å². The standard InChI is InChI=1S/C15H19Cl2N3/c1-4-12-9-15(20(3)19-12)14(18-2)8-10-7-11(16)5-6-13(10)17/h5-7,9,14,18H,4,8H2,1-3H3. The molecule has 0 bridgehead atoms. The number of aryl methyl sites for hydroxylation is 2. The fraction of sp³-hybridized carbons (Fsp3) is 0.400. The SMILES string of the molecule is CCc1cc(C(Cc2cc(Cl)ccc2Cl)NC)n(C)n1. The van der Waals surface area contributed by atoms with Gasteiger partial charge < -0.3 is 5.32 Å². The van der Waals surface area contributed by atoms with Crippen LogP contribution in [0, 0.1) is 0 Å². The third-order valence-corrected chi connectivity index (χ3v) is 4.07. The summed E-state index contributed by atoms with van der Waals surface area (Å²) in [5, 5.41) is 9.28. The minimum absolute atomic E-state index is 0.156. The van der Waals surface area contributed by atoms with Crippen molar-refractivity contribution in [2.75, 3.05) is 7.05 Å². The van der Waals surface area contributed by atoms with Crippen molar-refractivity contribution in [2.45, 2.75) is 25.8 Å². The molecule has 0 fully saturated rings. The van der Waals surface area contributed by atoms with Gasteiger partial charge in [-0.15, -0.1) is 0 Å². The van der Waals surface area contributed by atoms with Crippen molar-refractivity contribution in [3.63, 3.8) is 0 Å². The van der Waals surface area contributed by atoms with Crippen LogP contribution in [0.1, 0.15) is 29.9 Å². The molecule has 1 aromatic carbocycles. The Balaban J connectivity index is 2.28. The number of hydrogen-bond acceptors (Lipinski definition) is 2. The number of nitrogens with one attached hydrogen (secondary N) is 1. The Morgan fingerprint density at radius 3 is 2.65 bits per heavy atom. The molecule has 1 aromatic heterocycles. The number of nitrogens with zero attached hydrogens (tertiary/aromatic N) is 2. The van der Waals surface area contributed by atoms with Crippen LogP contribution in [0.3, 0.4) is 0 Å². The summed E-state index contributed by atoms with van der Waals surface area (Å²) in [6.45, 7) is 2.11. The van der Waals surface area contributed by atoms with Crippen molar-refractivity contribution in [1.82, 2.24) is 15.1 Å². The summed E-state index contributed by atoms with van der Waals surface area (Å²) in [5.41, 5.74) is 3.29. The molecule has 0 spiro atoms. The molecule has 0 amide bonds. The molecule has 1 unspecified atom stereocenters. The average molecular weight is 312 g/mol. The molecular formula is C15H19Cl2N3. The zero-order chi connectivity index (χ0) is 14.7. The van der Waals surface area contributed by atoms with E-state index in [-0.39, 0.29) is 6.04 Å². The van der Waals surface area contributed by atoms with Gasteiger partial charge in [0.1, 0.15) is 0 Å². The van der Waals surface area contributed by atoms with Gasteiger partial charge in [-0.3, -0.25) is 4.68 Å². The first-order chi connectivity index (χ1) is 9.55. The van der Waals surface area contributed by atoms with E-state index in [1.807, 2.05) is 30.9 Å². The second-order valence-electron chi connectivity index (χ2n) is 4.82. The lowest BCUT2D eigenvalue weighted by Gasteiger charge is -2.17. The van der Waals surface area contributed by atoms with E-state index in [4.69, 9.17) is 23.2 Å². The molecule has 20 heavy (non-hydrogen) atoms. The summed E-state index contributed by atoms with van der Waals surface area (Å²) in [4.78, 5) is 0. The van der Waals surface area contributed by atoms with E-state index in [9.17, 15) is 0 Å². The topological polar surface area (TPSA) is 29.9 Å². The molecule has 1 N–H and O–H groups in total. The molecule has 0 radical (unpaired) electrons. The quantitative estimate of drug-likeness (QED) is 0.910. The van der Waals surface area contributed by atoms with Gasteiger partial charge in [0.2, 0.25) is 0 Å². The molecular weight excluding hydrogens is 293 g/mol. The van der Waals surface area contributed by atoms with E-state index in [0.29, 0.717) is 5.02 Å². The first-order valence-electron chi connectivity index (χ1n) is 6.69. The Morgan fingerprint density at radius 2 is 2.05 bits per heavy atom. The maximum Gasteiger partial charge on any atom is 0.0625 e. The molecule has 2 rings (SSSR count). The van der Waals surface area contributed by atoms with Crippen molar-refractivity contribution in [3.05, 3.63) is 51.3 Å². The van der Waals surface area contributed by atoms with Gasteiger partial charge in [0.15, 0.2) is 0 Å². The Kier molecular flexibility index (Phi) is 5.08. The van der Waals surface area contributed by atoms with Crippen LogP contribution in [-0.4, -0.2) is 16.8 Å². The van der Waals surface area contributed by atoms with Gasteiger partial charge in [-0.1, -0.05) is 30.1 Å². The van der Waals surface area contributed by atoms with Gasteiger partial charge in [0.25, 0.3) is 0 Å². The highest BCUT2D eigenvalue weighted by atomic mass is 35.5. The maximum atomic E-state index is 6.25. The number of hydrogen-bond donors (Lipinski definition) is 1. The number of halogens is 2. The predicted molar refractivity (Wildman–Crippen MR) is 84.6 cm³/mol. The highest BCUT2D eigenvalue weighted by Gasteiger charge is 2.17. The van der Waals surface area contributed by atoms with Crippen molar-refractivity contribution >= 4 is 23.2 Å². The number of benzene rings is 1. The third-order valence-electron chi connectivity index (χ3n) is 3.47. The minimum Gasteiger partial charge on any atom is -0.311 e. The molecule has 1 atom stereocenters. The first-order valence-corrected chi connectivity index (χ1v) is 7.44. The van der Waals surface area contributed by atoms with Crippen molar-refractivity contribution in [1.29, 1.82) is 0 Å². The highest BCUT2D eigenvalue weighted by Crippen LogP contribution is 2.26. The van der Waals surface area contributed by atoms with E-state index in [1.165, 1.54) is 0 Å². The molecule has 108 valence electrons. The van der Waals surface area contributed by atoms with Gasteiger partial charge >= 0.3 is 0 Å². The Bertz CT molecular complexity index is 593. The summed E-state index contributed by atoms with van der Waals surface area (Å²) in [7, 11) is 3.92. The summed E-state index contributed by atoms with van der Waals surface area (Å²) >= 11 is 12.3. The van der Waals surface area contributed by atoms with Crippen molar-refractivity contribution < 1.29 is 0 Å². The van der Waals surface area contributed by atoms with Gasteiger partial charge in [0, 0.05) is 17.1 Å². The number of rotatable bonds is 5. The lowest BCUT2D eigenvalue weighted by Crippen LogP contribution is -2.21. The highest BCUT2D eigenvalue weighted by molar-refractivity contribution is 6.33. The van der Waals surface area contributed by atoms with Crippen LogP contribution in [0.25, 0.3) is 0 Å². The number of aromatic nitrogens is 2. The summed E-state index contributed by atoms with van der Waals surface area (Å²) < 4.78 is 1.93. The van der Waals surface area contributed by atoms with Crippen LogP contribution in [0.4, 0.5) is 0 Å². The monoisotopic (exact) mass is 311 g/mol. The summed E-state index contributed by atoms with van der Waals surface area (Å²) in [6.07, 6.45) is 1.71. The van der Waals surface area contributed by atoms with Crippen LogP contribution in [0.5, 0.6) is 0 Å². The smallest absolute Gasteiger partial charge is 0.0625 e. The van der Waals surface area contributed by atoms with Crippen LogP contribution < -0.4 is 5.32 Å². The Morgan fingerprint density at radius 1 is 1.30 bits per heavy atom. The average Bonchev–Trinajstić information content (AvgIpc) is 2.81. The van der Waals surface area contributed by atoms with E-state index < -0.39 is 0 Å². The molecule has 0 aliphatic rings. The van der Waals surface area contributed by atoms with Crippen molar-refractivity contribution in [2.24, 2.45) is 7.05 Å². The van der Waals surface area contributed by atoms with E-state index in [0.717, 1.165) is 34.8 Å². The Hall–Kier alpha value is -1.03. The van der Waals surface area contributed by atoms with Crippen LogP contribution in [0.2, 0.25) is 10.0 Å². The molecule has 2 aromatic rings. The normalized spacial score (nSPS) is 12.7. The molecule has 0 aliphatic carbocycles. The van der Waals surface area contributed by atoms with Gasteiger partial charge in [-0.05, 0) is 49.7 Å². The molecule has 0 saturated carbocycles. The second-order valence-corrected chi connectivity index (χ2v) is 5.66. The largest absolute Gasteiger partial charge is 0.311 e. The summed E-state index contributed by atoms with van der Waals surface area (Å²) in [6, 6.07) is 7.86. The molecule has 0 aliphatic heterocycles. The van der Waals surface area contributed by atoms with Crippen LogP contribution >= 0.6 is 23.2 Å². The Labute approximate surface area is 129 Å². The first kappa shape index (κ1) is 15.4. The lowest BCUT2D eigenvalue weighted by molar-refractivity contribution is 0.537. The van der Waals surface area contributed by atoms with Crippen LogP contribution in [0.15, 0.2) is 24.3 Å². The zero-order valence-corrected chi connectivity index (χ0v) is 13.5. The second kappa shape index (κ2) is 6.61. The molecule has 1 heterocycles.